The molecule has 0 heterocycles. The van der Waals surface area contributed by atoms with Crippen LogP contribution in [0, 0.1) is 0 Å². The quantitative estimate of drug-likeness (QED) is 0.443. The topological polar surface area (TPSA) is 58.2 Å². The molecule has 11 heavy (non-hydrogen) atoms. The lowest BCUT2D eigenvalue weighted by molar-refractivity contribution is -0.115. The zero-order valence-corrected chi connectivity index (χ0v) is 8.05. The van der Waals surface area contributed by atoms with Gasteiger partial charge < -0.3 is 5.32 Å². The van der Waals surface area contributed by atoms with Crippen LogP contribution in [0.25, 0.3) is 0 Å². The number of imide groups is 1. The minimum atomic E-state index is -0.490. The smallest absolute Gasteiger partial charge is 0.321 e. The Morgan fingerprint density at radius 1 is 1.55 bits per heavy atom. The Labute approximate surface area is 78.6 Å². The molecule has 0 radical (unpaired) electrons. The van der Waals surface area contributed by atoms with Crippen LogP contribution >= 0.6 is 22.6 Å². The van der Waals surface area contributed by atoms with Crippen LogP contribution in [0.5, 0.6) is 0 Å². The molecule has 0 aliphatic rings. The SMILES string of the molecule is C=CC(=O)NC(=O)NCCI. The van der Waals surface area contributed by atoms with Gasteiger partial charge in [0.2, 0.25) is 0 Å². The number of alkyl halides is 1. The predicted octanol–water partition coefficient (Wildman–Crippen LogP) is 0.433. The van der Waals surface area contributed by atoms with Gasteiger partial charge in [-0.25, -0.2) is 4.79 Å². The molecule has 0 saturated heterocycles. The largest absolute Gasteiger partial charge is 0.337 e. The maximum Gasteiger partial charge on any atom is 0.321 e. The molecule has 0 rings (SSSR count). The lowest BCUT2D eigenvalue weighted by Gasteiger charge is -2.01. The van der Waals surface area contributed by atoms with Gasteiger partial charge in [-0.2, -0.15) is 0 Å². The highest BCUT2D eigenvalue weighted by Crippen LogP contribution is 1.76. The summed E-state index contributed by atoms with van der Waals surface area (Å²) in [4.78, 5) is 21.2. The number of hydrogen-bond donors (Lipinski definition) is 2. The summed E-state index contributed by atoms with van der Waals surface area (Å²) < 4.78 is 0.813. The number of amides is 3. The Bertz CT molecular complexity index is 170. The van der Waals surface area contributed by atoms with E-state index in [4.69, 9.17) is 0 Å². The van der Waals surface area contributed by atoms with Crippen molar-refractivity contribution in [2.45, 2.75) is 0 Å². The van der Waals surface area contributed by atoms with Crippen LogP contribution in [0.4, 0.5) is 4.79 Å². The normalized spacial score (nSPS) is 8.45. The van der Waals surface area contributed by atoms with Crippen molar-refractivity contribution in [3.8, 4) is 0 Å². The zero-order valence-electron chi connectivity index (χ0n) is 5.89. The number of hydrogen-bond acceptors (Lipinski definition) is 2. The average molecular weight is 268 g/mol. The molecule has 0 atom stereocenters. The summed E-state index contributed by atoms with van der Waals surface area (Å²) >= 11 is 2.12. The summed E-state index contributed by atoms with van der Waals surface area (Å²) in [6.07, 6.45) is 1.05. The molecule has 2 N–H and O–H groups in total. The highest BCUT2D eigenvalue weighted by Gasteiger charge is 2.00. The number of nitrogens with one attached hydrogen (secondary N) is 2. The molecule has 4 nitrogen and oxygen atoms in total. The lowest BCUT2D eigenvalue weighted by atomic mass is 10.6. The second-order valence-electron chi connectivity index (χ2n) is 1.64. The molecular formula is C6H9IN2O2. The number of carbonyl (C=O) groups is 2. The first-order valence-corrected chi connectivity index (χ1v) is 4.50. The monoisotopic (exact) mass is 268 g/mol. The molecule has 0 aromatic carbocycles. The van der Waals surface area contributed by atoms with E-state index in [2.05, 4.69) is 39.8 Å². The van der Waals surface area contributed by atoms with Crippen LogP contribution in [0.15, 0.2) is 12.7 Å². The molecule has 0 spiro atoms. The van der Waals surface area contributed by atoms with Gasteiger partial charge in [0.15, 0.2) is 0 Å². The van der Waals surface area contributed by atoms with Gasteiger partial charge in [-0.1, -0.05) is 29.2 Å². The van der Waals surface area contributed by atoms with Crippen molar-refractivity contribution in [1.29, 1.82) is 0 Å². The van der Waals surface area contributed by atoms with Crippen LogP contribution in [-0.2, 0) is 4.79 Å². The third kappa shape index (κ3) is 5.84. The van der Waals surface area contributed by atoms with Crippen LogP contribution in [0.3, 0.4) is 0 Å². The van der Waals surface area contributed by atoms with Crippen LogP contribution in [0.2, 0.25) is 0 Å². The van der Waals surface area contributed by atoms with E-state index >= 15 is 0 Å². The van der Waals surface area contributed by atoms with E-state index in [0.717, 1.165) is 10.5 Å². The third-order valence-electron chi connectivity index (χ3n) is 0.802. The predicted molar refractivity (Wildman–Crippen MR) is 50.6 cm³/mol. The summed E-state index contributed by atoms with van der Waals surface area (Å²) in [5, 5.41) is 4.53. The molecule has 0 bridgehead atoms. The molecule has 3 amide bonds. The molecule has 0 aromatic heterocycles. The summed E-state index contributed by atoms with van der Waals surface area (Å²) in [6, 6.07) is -0.480. The van der Waals surface area contributed by atoms with Crippen molar-refractivity contribution < 1.29 is 9.59 Å². The maximum atomic E-state index is 10.7. The molecule has 0 unspecified atom stereocenters. The average Bonchev–Trinajstić information content (AvgIpc) is 2.00. The summed E-state index contributed by atoms with van der Waals surface area (Å²) in [5.41, 5.74) is 0. The Balaban J connectivity index is 3.52. The molecule has 0 aliphatic carbocycles. The van der Waals surface area contributed by atoms with E-state index in [-0.39, 0.29) is 0 Å². The van der Waals surface area contributed by atoms with E-state index in [1.165, 1.54) is 0 Å². The summed E-state index contributed by atoms with van der Waals surface area (Å²) in [5.74, 6) is -0.490. The van der Waals surface area contributed by atoms with E-state index in [0.29, 0.717) is 6.54 Å². The van der Waals surface area contributed by atoms with Crippen molar-refractivity contribution in [1.82, 2.24) is 10.6 Å². The van der Waals surface area contributed by atoms with Crippen LogP contribution < -0.4 is 10.6 Å². The van der Waals surface area contributed by atoms with Gasteiger partial charge >= 0.3 is 6.03 Å². The van der Waals surface area contributed by atoms with Gasteiger partial charge in [-0.3, -0.25) is 10.1 Å². The number of halogens is 1. The maximum absolute atomic E-state index is 10.7. The molecule has 0 saturated carbocycles. The van der Waals surface area contributed by atoms with Gasteiger partial charge in [-0.05, 0) is 6.08 Å². The standard InChI is InChI=1S/C6H9IN2O2/c1-2-5(10)9-6(11)8-4-3-7/h2H,1,3-4H2,(H2,8,9,10,11). The molecular weight excluding hydrogens is 259 g/mol. The molecule has 0 aliphatic heterocycles. The fraction of sp³-hybridized carbons (Fsp3) is 0.333. The van der Waals surface area contributed by atoms with Gasteiger partial charge in [0, 0.05) is 11.0 Å². The van der Waals surface area contributed by atoms with E-state index < -0.39 is 11.9 Å². The molecule has 0 fully saturated rings. The molecule has 62 valence electrons. The first-order valence-electron chi connectivity index (χ1n) is 2.98. The highest BCUT2D eigenvalue weighted by atomic mass is 127. The summed E-state index contributed by atoms with van der Waals surface area (Å²) in [6.45, 7) is 3.75. The fourth-order valence-corrected chi connectivity index (χ4v) is 0.638. The van der Waals surface area contributed by atoms with Gasteiger partial charge in [0.1, 0.15) is 0 Å². The second kappa shape index (κ2) is 6.14. The van der Waals surface area contributed by atoms with Gasteiger partial charge in [-0.15, -0.1) is 0 Å². The van der Waals surface area contributed by atoms with Crippen molar-refractivity contribution in [3.63, 3.8) is 0 Å². The van der Waals surface area contributed by atoms with Crippen molar-refractivity contribution in [2.24, 2.45) is 0 Å². The second-order valence-corrected chi connectivity index (χ2v) is 2.72. The minimum Gasteiger partial charge on any atom is -0.337 e. The van der Waals surface area contributed by atoms with Crippen molar-refractivity contribution >= 4 is 34.5 Å². The number of rotatable bonds is 3. The first kappa shape index (κ1) is 10.4. The molecule has 5 heteroatoms. The third-order valence-corrected chi connectivity index (χ3v) is 1.34. The van der Waals surface area contributed by atoms with Crippen LogP contribution in [0.1, 0.15) is 0 Å². The molecule has 0 aromatic rings. The summed E-state index contributed by atoms with van der Waals surface area (Å²) in [7, 11) is 0. The Morgan fingerprint density at radius 2 is 2.18 bits per heavy atom. The van der Waals surface area contributed by atoms with Gasteiger partial charge in [0.05, 0.1) is 0 Å². The zero-order chi connectivity index (χ0) is 8.69. The van der Waals surface area contributed by atoms with E-state index in [9.17, 15) is 9.59 Å². The van der Waals surface area contributed by atoms with Gasteiger partial charge in [0.25, 0.3) is 5.91 Å². The number of urea groups is 1. The Morgan fingerprint density at radius 3 is 2.64 bits per heavy atom. The lowest BCUT2D eigenvalue weighted by Crippen LogP contribution is -2.39. The highest BCUT2D eigenvalue weighted by molar-refractivity contribution is 14.1. The first-order chi connectivity index (χ1) is 5.20. The van der Waals surface area contributed by atoms with Crippen LogP contribution in [-0.4, -0.2) is 22.9 Å². The van der Waals surface area contributed by atoms with Crippen molar-refractivity contribution in [3.05, 3.63) is 12.7 Å². The Hall–Kier alpha value is -0.590. The van der Waals surface area contributed by atoms with Crippen molar-refractivity contribution in [2.75, 3.05) is 11.0 Å². The van der Waals surface area contributed by atoms with E-state index in [1.807, 2.05) is 0 Å². The van der Waals surface area contributed by atoms with E-state index in [1.54, 1.807) is 0 Å². The minimum absolute atomic E-state index is 0.480. The fourth-order valence-electron chi connectivity index (χ4n) is 0.368. The number of carbonyl (C=O) groups excluding carboxylic acids is 2. The Kier molecular flexibility index (Phi) is 5.81.